The van der Waals surface area contributed by atoms with E-state index in [1.165, 1.54) is 12.1 Å². The van der Waals surface area contributed by atoms with Crippen LogP contribution in [0.5, 0.6) is 0 Å². The maximum atomic E-state index is 14.3. The molecule has 0 saturated carbocycles. The minimum Gasteiger partial charge on any atom is -0.225 e. The van der Waals surface area contributed by atoms with Crippen LogP contribution in [0.1, 0.15) is 0 Å². The first kappa shape index (κ1) is 18.0. The zero-order valence-corrected chi connectivity index (χ0v) is 13.4. The van der Waals surface area contributed by atoms with E-state index in [0.29, 0.717) is 10.7 Å². The molecule has 3 rings (SSSR count). The lowest BCUT2D eigenvalue weighted by molar-refractivity contribution is 0.487. The van der Waals surface area contributed by atoms with Crippen LogP contribution in [0.25, 0.3) is 16.9 Å². The molecule has 0 fully saturated rings. The number of nitrogens with two attached hydrogens (primary N) is 1. The normalized spacial score (nSPS) is 11.8. The number of benzene rings is 2. The summed E-state index contributed by atoms with van der Waals surface area (Å²) in [5.41, 5.74) is -2.22. The van der Waals surface area contributed by atoms with Gasteiger partial charge in [0, 0.05) is 5.56 Å². The number of hydrogen-bond donors (Lipinski definition) is 1. The SMILES string of the molecule is NS(=O)(=O)c1cc(F)c(-c2c(F)c(F)nn2-c2ccccc2F)cc1F. The van der Waals surface area contributed by atoms with Gasteiger partial charge in [-0.3, -0.25) is 0 Å². The molecule has 26 heavy (non-hydrogen) atoms. The van der Waals surface area contributed by atoms with Crippen LogP contribution in [-0.2, 0) is 10.0 Å². The molecule has 0 aliphatic heterocycles. The zero-order chi connectivity index (χ0) is 19.2. The molecule has 2 N–H and O–H groups in total. The van der Waals surface area contributed by atoms with E-state index in [1.807, 2.05) is 0 Å². The Morgan fingerprint density at radius 3 is 2.19 bits per heavy atom. The molecule has 11 heteroatoms. The third-order valence-corrected chi connectivity index (χ3v) is 4.38. The van der Waals surface area contributed by atoms with E-state index in [2.05, 4.69) is 5.10 Å². The van der Waals surface area contributed by atoms with Crippen LogP contribution in [0.2, 0.25) is 0 Å². The van der Waals surface area contributed by atoms with Gasteiger partial charge in [0.2, 0.25) is 15.8 Å². The topological polar surface area (TPSA) is 78.0 Å². The molecule has 0 saturated heterocycles. The zero-order valence-electron chi connectivity index (χ0n) is 12.6. The minimum absolute atomic E-state index is 0.218. The van der Waals surface area contributed by atoms with Gasteiger partial charge in [-0.25, -0.2) is 31.4 Å². The molecular formula is C15H8F5N3O2S. The van der Waals surface area contributed by atoms with Crippen LogP contribution in [0.4, 0.5) is 22.0 Å². The van der Waals surface area contributed by atoms with Crippen LogP contribution >= 0.6 is 0 Å². The van der Waals surface area contributed by atoms with Gasteiger partial charge in [0.05, 0.1) is 0 Å². The van der Waals surface area contributed by atoms with E-state index in [9.17, 15) is 30.4 Å². The minimum atomic E-state index is -4.59. The summed E-state index contributed by atoms with van der Waals surface area (Å²) >= 11 is 0. The maximum absolute atomic E-state index is 14.3. The van der Waals surface area contributed by atoms with E-state index >= 15 is 0 Å². The van der Waals surface area contributed by atoms with Crippen molar-refractivity contribution in [2.45, 2.75) is 4.90 Å². The lowest BCUT2D eigenvalue weighted by Crippen LogP contribution is -2.15. The molecule has 0 amide bonds. The second-order valence-electron chi connectivity index (χ2n) is 5.12. The standard InChI is InChI=1S/C15H8F5N3O2S/c16-8-3-1-2-4-11(8)23-14(13(19)15(20)22-23)7-5-10(18)12(6-9(7)17)26(21,24)25/h1-6H,(H2,21,24,25). The molecule has 1 heterocycles. The molecule has 0 bridgehead atoms. The molecule has 136 valence electrons. The predicted octanol–water partition coefficient (Wildman–Crippen LogP) is 2.88. The summed E-state index contributed by atoms with van der Waals surface area (Å²) in [4.78, 5) is -1.17. The second kappa shape index (κ2) is 6.18. The summed E-state index contributed by atoms with van der Waals surface area (Å²) in [6.07, 6.45) is 0. The van der Waals surface area contributed by atoms with Crippen molar-refractivity contribution in [3.8, 4) is 16.9 Å². The Morgan fingerprint density at radius 1 is 0.923 bits per heavy atom. The Hall–Kier alpha value is -2.79. The molecule has 0 radical (unpaired) electrons. The third kappa shape index (κ3) is 2.95. The Kier molecular flexibility index (Phi) is 4.28. The lowest BCUT2D eigenvalue weighted by atomic mass is 10.1. The average Bonchev–Trinajstić information content (AvgIpc) is 2.84. The van der Waals surface area contributed by atoms with E-state index in [1.54, 1.807) is 0 Å². The molecule has 5 nitrogen and oxygen atoms in total. The Balaban J connectivity index is 2.33. The highest BCUT2D eigenvalue weighted by molar-refractivity contribution is 7.89. The van der Waals surface area contributed by atoms with Gasteiger partial charge in [-0.05, 0) is 24.3 Å². The van der Waals surface area contributed by atoms with Crippen molar-refractivity contribution in [2.75, 3.05) is 0 Å². The highest BCUT2D eigenvalue weighted by Gasteiger charge is 2.27. The lowest BCUT2D eigenvalue weighted by Gasteiger charge is -2.10. The van der Waals surface area contributed by atoms with Crippen molar-refractivity contribution >= 4 is 10.0 Å². The van der Waals surface area contributed by atoms with E-state index in [4.69, 9.17) is 5.14 Å². The maximum Gasteiger partial charge on any atom is 0.269 e. The number of para-hydroxylation sites is 1. The second-order valence-corrected chi connectivity index (χ2v) is 6.65. The molecule has 0 aliphatic rings. The van der Waals surface area contributed by atoms with Crippen molar-refractivity contribution in [2.24, 2.45) is 5.14 Å². The van der Waals surface area contributed by atoms with Crippen LogP contribution in [0, 0.1) is 29.2 Å². The number of sulfonamides is 1. The van der Waals surface area contributed by atoms with E-state index in [0.717, 1.165) is 12.1 Å². The molecule has 3 aromatic rings. The highest BCUT2D eigenvalue weighted by Crippen LogP contribution is 2.32. The van der Waals surface area contributed by atoms with Crippen molar-refractivity contribution < 1.29 is 30.4 Å². The third-order valence-electron chi connectivity index (χ3n) is 3.45. The summed E-state index contributed by atoms with van der Waals surface area (Å²) in [7, 11) is -4.59. The van der Waals surface area contributed by atoms with Crippen molar-refractivity contribution in [3.05, 3.63) is 65.6 Å². The number of primary sulfonamides is 1. The van der Waals surface area contributed by atoms with Crippen molar-refractivity contribution in [1.29, 1.82) is 0 Å². The van der Waals surface area contributed by atoms with Gasteiger partial charge < -0.3 is 0 Å². The monoisotopic (exact) mass is 389 g/mol. The fourth-order valence-corrected chi connectivity index (χ4v) is 2.93. The van der Waals surface area contributed by atoms with Crippen molar-refractivity contribution in [3.63, 3.8) is 0 Å². The Labute approximate surface area is 143 Å². The van der Waals surface area contributed by atoms with Gasteiger partial charge in [-0.2, -0.15) is 8.78 Å². The van der Waals surface area contributed by atoms with Crippen LogP contribution < -0.4 is 5.14 Å². The van der Waals surface area contributed by atoms with E-state index < -0.39 is 61.1 Å². The highest BCUT2D eigenvalue weighted by atomic mass is 32.2. The number of nitrogens with zero attached hydrogens (tertiary/aromatic N) is 2. The van der Waals surface area contributed by atoms with Gasteiger partial charge in [0.25, 0.3) is 5.95 Å². The van der Waals surface area contributed by atoms with Gasteiger partial charge >= 0.3 is 0 Å². The number of hydrogen-bond acceptors (Lipinski definition) is 3. The average molecular weight is 389 g/mol. The largest absolute Gasteiger partial charge is 0.269 e. The molecule has 1 aromatic heterocycles. The predicted molar refractivity (Wildman–Crippen MR) is 80.2 cm³/mol. The number of rotatable bonds is 3. The van der Waals surface area contributed by atoms with Crippen LogP contribution in [0.15, 0.2) is 41.3 Å². The molecule has 0 aliphatic carbocycles. The summed E-state index contributed by atoms with van der Waals surface area (Å²) in [5.74, 6) is -7.21. The molecular weight excluding hydrogens is 381 g/mol. The first-order valence-corrected chi connectivity index (χ1v) is 8.37. The van der Waals surface area contributed by atoms with Crippen LogP contribution in [0.3, 0.4) is 0 Å². The smallest absolute Gasteiger partial charge is 0.225 e. The van der Waals surface area contributed by atoms with Gasteiger partial charge in [0.15, 0.2) is 0 Å². The molecule has 0 atom stereocenters. The summed E-state index contributed by atoms with van der Waals surface area (Å²) in [6.45, 7) is 0. The first-order valence-electron chi connectivity index (χ1n) is 6.82. The fourth-order valence-electron chi connectivity index (χ4n) is 2.33. The first-order chi connectivity index (χ1) is 12.1. The summed E-state index contributed by atoms with van der Waals surface area (Å²) in [6, 6.07) is 5.24. The van der Waals surface area contributed by atoms with Gasteiger partial charge in [-0.1, -0.05) is 12.1 Å². The summed E-state index contributed by atoms with van der Waals surface area (Å²) in [5, 5.41) is 7.92. The molecule has 2 aromatic carbocycles. The fraction of sp³-hybridized carbons (Fsp3) is 0. The quantitative estimate of drug-likeness (QED) is 0.700. The van der Waals surface area contributed by atoms with E-state index in [-0.39, 0.29) is 6.07 Å². The van der Waals surface area contributed by atoms with Gasteiger partial charge in [-0.15, -0.1) is 5.10 Å². The van der Waals surface area contributed by atoms with Crippen LogP contribution in [-0.4, -0.2) is 18.2 Å². The van der Waals surface area contributed by atoms with Crippen molar-refractivity contribution in [1.82, 2.24) is 9.78 Å². The Morgan fingerprint density at radius 2 is 1.58 bits per heavy atom. The molecule has 0 spiro atoms. The Bertz CT molecular complexity index is 1130. The molecule has 0 unspecified atom stereocenters. The number of halogens is 5. The van der Waals surface area contributed by atoms with Gasteiger partial charge in [0.1, 0.15) is 33.7 Å². The summed E-state index contributed by atoms with van der Waals surface area (Å²) < 4.78 is 92.9. The number of aromatic nitrogens is 2.